The van der Waals surface area contributed by atoms with E-state index < -0.39 is 0 Å². The van der Waals surface area contributed by atoms with Gasteiger partial charge in [0.1, 0.15) is 0 Å². The van der Waals surface area contributed by atoms with Crippen molar-refractivity contribution in [2.24, 2.45) is 5.92 Å². The maximum atomic E-state index is 6.00. The summed E-state index contributed by atoms with van der Waals surface area (Å²) in [6, 6.07) is 0. The number of hydrogen-bond donors (Lipinski definition) is 0. The van der Waals surface area contributed by atoms with E-state index in [-0.39, 0.29) is 0 Å². The summed E-state index contributed by atoms with van der Waals surface area (Å²) in [6.45, 7) is 12.7. The van der Waals surface area contributed by atoms with Crippen LogP contribution in [0.1, 0.15) is 44.7 Å². The van der Waals surface area contributed by atoms with E-state index in [4.69, 9.17) is 11.6 Å². The molecule has 1 aromatic heterocycles. The summed E-state index contributed by atoms with van der Waals surface area (Å²) in [5, 5.41) is 8.83. The topological polar surface area (TPSA) is 29.0 Å². The van der Waals surface area contributed by atoms with E-state index in [1.165, 1.54) is 12.8 Å². The molecule has 102 valence electrons. The van der Waals surface area contributed by atoms with Gasteiger partial charge in [0.25, 0.3) is 0 Å². The van der Waals surface area contributed by atoms with Crippen LogP contribution < -0.4 is 4.90 Å². The van der Waals surface area contributed by atoms with E-state index in [9.17, 15) is 0 Å². The normalized spacial score (nSPS) is 11.1. The first-order chi connectivity index (χ1) is 8.54. The summed E-state index contributed by atoms with van der Waals surface area (Å²) in [5.74, 6) is 1.69. The number of anilines is 1. The molecule has 0 N–H and O–H groups in total. The van der Waals surface area contributed by atoms with Crippen LogP contribution in [0.25, 0.3) is 0 Å². The highest BCUT2D eigenvalue weighted by atomic mass is 35.5. The highest BCUT2D eigenvalue weighted by molar-refractivity contribution is 6.30. The Kier molecular flexibility index (Phi) is 5.86. The summed E-state index contributed by atoms with van der Waals surface area (Å²) in [6.07, 6.45) is 2.40. The molecule has 3 nitrogen and oxygen atoms in total. The average Bonchev–Trinajstić information content (AvgIpc) is 2.39. The van der Waals surface area contributed by atoms with Gasteiger partial charge in [0.15, 0.2) is 11.0 Å². The third-order valence-corrected chi connectivity index (χ3v) is 4.11. The Bertz CT molecular complexity index is 389. The lowest BCUT2D eigenvalue weighted by Gasteiger charge is -2.27. The molecule has 0 radical (unpaired) electrons. The van der Waals surface area contributed by atoms with Crippen LogP contribution in [0.3, 0.4) is 0 Å². The van der Waals surface area contributed by atoms with Crippen molar-refractivity contribution in [1.82, 2.24) is 10.2 Å². The van der Waals surface area contributed by atoms with Gasteiger partial charge >= 0.3 is 0 Å². The van der Waals surface area contributed by atoms with Crippen molar-refractivity contribution in [3.8, 4) is 0 Å². The number of nitrogens with zero attached hydrogens (tertiary/aromatic N) is 3. The van der Waals surface area contributed by atoms with Gasteiger partial charge in [-0.2, -0.15) is 0 Å². The van der Waals surface area contributed by atoms with Crippen LogP contribution in [-0.2, 0) is 0 Å². The van der Waals surface area contributed by atoms with Crippen LogP contribution in [0.4, 0.5) is 5.82 Å². The summed E-state index contributed by atoms with van der Waals surface area (Å²) < 4.78 is 0. The summed E-state index contributed by atoms with van der Waals surface area (Å²) >= 11 is 6.00. The molecule has 0 fully saturated rings. The fourth-order valence-electron chi connectivity index (χ4n) is 2.09. The van der Waals surface area contributed by atoms with Crippen molar-refractivity contribution in [2.45, 2.75) is 47.5 Å². The molecule has 0 aliphatic rings. The van der Waals surface area contributed by atoms with E-state index in [2.05, 4.69) is 42.8 Å². The van der Waals surface area contributed by atoms with Crippen LogP contribution in [-0.4, -0.2) is 23.3 Å². The summed E-state index contributed by atoms with van der Waals surface area (Å²) in [4.78, 5) is 2.31. The average molecular weight is 270 g/mol. The van der Waals surface area contributed by atoms with Gasteiger partial charge in [-0.25, -0.2) is 0 Å². The van der Waals surface area contributed by atoms with Crippen molar-refractivity contribution >= 4 is 17.4 Å². The standard InChI is InChI=1S/C14H24ClN3/c1-6-12(7-2)9-18(8-3)14-11(5)10(4)13(15)16-17-14/h12H,6-9H2,1-5H3. The Labute approximate surface area is 116 Å². The first kappa shape index (κ1) is 15.2. The van der Waals surface area contributed by atoms with E-state index in [0.717, 1.165) is 30.0 Å². The number of halogens is 1. The predicted molar refractivity (Wildman–Crippen MR) is 78.5 cm³/mol. The van der Waals surface area contributed by atoms with Crippen LogP contribution in [0.2, 0.25) is 5.15 Å². The van der Waals surface area contributed by atoms with Gasteiger partial charge in [-0.15, -0.1) is 10.2 Å². The zero-order valence-corrected chi connectivity index (χ0v) is 12.9. The highest BCUT2D eigenvalue weighted by Crippen LogP contribution is 2.25. The Balaban J connectivity index is 2.98. The number of aromatic nitrogens is 2. The molecule has 0 saturated carbocycles. The smallest absolute Gasteiger partial charge is 0.155 e. The van der Waals surface area contributed by atoms with Crippen molar-refractivity contribution < 1.29 is 0 Å². The third-order valence-electron chi connectivity index (χ3n) is 3.75. The molecule has 0 saturated heterocycles. The number of rotatable bonds is 6. The lowest BCUT2D eigenvalue weighted by atomic mass is 10.0. The number of hydrogen-bond acceptors (Lipinski definition) is 3. The van der Waals surface area contributed by atoms with Crippen LogP contribution in [0.15, 0.2) is 0 Å². The molecule has 1 aromatic rings. The third kappa shape index (κ3) is 3.35. The first-order valence-corrected chi connectivity index (χ1v) is 7.17. The molecule has 1 rings (SSSR count). The van der Waals surface area contributed by atoms with E-state index in [0.29, 0.717) is 11.1 Å². The van der Waals surface area contributed by atoms with Gasteiger partial charge in [0, 0.05) is 13.1 Å². The van der Waals surface area contributed by atoms with Gasteiger partial charge in [0.05, 0.1) is 0 Å². The van der Waals surface area contributed by atoms with Crippen molar-refractivity contribution in [3.05, 3.63) is 16.3 Å². The molecule has 0 atom stereocenters. The second-order valence-electron chi connectivity index (χ2n) is 4.79. The van der Waals surface area contributed by atoms with E-state index in [1.54, 1.807) is 0 Å². The molecule has 0 aliphatic carbocycles. The van der Waals surface area contributed by atoms with Crippen molar-refractivity contribution in [2.75, 3.05) is 18.0 Å². The molecule has 1 heterocycles. The molecular weight excluding hydrogens is 246 g/mol. The monoisotopic (exact) mass is 269 g/mol. The largest absolute Gasteiger partial charge is 0.355 e. The lowest BCUT2D eigenvalue weighted by molar-refractivity contribution is 0.483. The minimum atomic E-state index is 0.509. The first-order valence-electron chi connectivity index (χ1n) is 6.79. The Hall–Kier alpha value is -0.830. The fraction of sp³-hybridized carbons (Fsp3) is 0.714. The molecule has 0 spiro atoms. The lowest BCUT2D eigenvalue weighted by Crippen LogP contribution is -2.30. The Morgan fingerprint density at radius 1 is 1.06 bits per heavy atom. The quantitative estimate of drug-likeness (QED) is 0.781. The van der Waals surface area contributed by atoms with Crippen LogP contribution in [0, 0.1) is 19.8 Å². The van der Waals surface area contributed by atoms with Crippen LogP contribution >= 0.6 is 11.6 Å². The minimum Gasteiger partial charge on any atom is -0.355 e. The molecule has 4 heteroatoms. The molecule has 18 heavy (non-hydrogen) atoms. The van der Waals surface area contributed by atoms with Gasteiger partial charge < -0.3 is 4.90 Å². The van der Waals surface area contributed by atoms with Crippen molar-refractivity contribution in [1.29, 1.82) is 0 Å². The van der Waals surface area contributed by atoms with Gasteiger partial charge in [0.2, 0.25) is 0 Å². The molecule has 0 aromatic carbocycles. The second kappa shape index (κ2) is 6.93. The summed E-state index contributed by atoms with van der Waals surface area (Å²) in [5.41, 5.74) is 2.17. The fourth-order valence-corrected chi connectivity index (χ4v) is 2.27. The SMILES string of the molecule is CCC(CC)CN(CC)c1nnc(Cl)c(C)c1C. The van der Waals surface area contributed by atoms with E-state index in [1.807, 2.05) is 6.92 Å². The molecular formula is C14H24ClN3. The second-order valence-corrected chi connectivity index (χ2v) is 5.14. The van der Waals surface area contributed by atoms with E-state index >= 15 is 0 Å². The van der Waals surface area contributed by atoms with Gasteiger partial charge in [-0.05, 0) is 37.8 Å². The Morgan fingerprint density at radius 3 is 2.17 bits per heavy atom. The highest BCUT2D eigenvalue weighted by Gasteiger charge is 2.16. The zero-order chi connectivity index (χ0) is 13.7. The minimum absolute atomic E-state index is 0.509. The molecule has 0 aliphatic heterocycles. The van der Waals surface area contributed by atoms with Gasteiger partial charge in [-0.3, -0.25) is 0 Å². The Morgan fingerprint density at radius 2 is 1.67 bits per heavy atom. The predicted octanol–water partition coefficient (Wildman–Crippen LogP) is 4.01. The zero-order valence-electron chi connectivity index (χ0n) is 12.1. The maximum absolute atomic E-state index is 6.00. The van der Waals surface area contributed by atoms with Gasteiger partial charge in [-0.1, -0.05) is 38.3 Å². The van der Waals surface area contributed by atoms with Crippen LogP contribution in [0.5, 0.6) is 0 Å². The molecule has 0 amide bonds. The molecule has 0 bridgehead atoms. The molecule has 0 unspecified atom stereocenters. The summed E-state index contributed by atoms with van der Waals surface area (Å²) in [7, 11) is 0. The maximum Gasteiger partial charge on any atom is 0.155 e. The van der Waals surface area contributed by atoms with Crippen molar-refractivity contribution in [3.63, 3.8) is 0 Å².